The summed E-state index contributed by atoms with van der Waals surface area (Å²) in [6.45, 7) is 6.33. The molecule has 0 atom stereocenters. The average Bonchev–Trinajstić information content (AvgIpc) is 3.10. The van der Waals surface area contributed by atoms with Crippen LogP contribution in [0, 0.1) is 20.8 Å². The number of amides is 1. The first-order valence-corrected chi connectivity index (χ1v) is 10.8. The van der Waals surface area contributed by atoms with E-state index in [0.29, 0.717) is 23.6 Å². The molecule has 30 heavy (non-hydrogen) atoms. The van der Waals surface area contributed by atoms with Crippen molar-refractivity contribution in [2.75, 3.05) is 18.2 Å². The summed E-state index contributed by atoms with van der Waals surface area (Å²) in [5.74, 6) is 1.19. The molecule has 4 aromatic rings. The van der Waals surface area contributed by atoms with Crippen molar-refractivity contribution in [2.45, 2.75) is 32.3 Å². The van der Waals surface area contributed by atoms with E-state index in [0.717, 1.165) is 16.3 Å². The highest BCUT2D eigenvalue weighted by Gasteiger charge is 2.14. The Kier molecular flexibility index (Phi) is 5.63. The van der Waals surface area contributed by atoms with E-state index < -0.39 is 0 Å². The smallest absolute Gasteiger partial charge is 0.225 e. The number of pyridine rings is 1. The van der Waals surface area contributed by atoms with Crippen LogP contribution in [0.25, 0.3) is 16.6 Å². The lowest BCUT2D eigenvalue weighted by molar-refractivity contribution is -0.115. The van der Waals surface area contributed by atoms with Gasteiger partial charge in [-0.1, -0.05) is 35.5 Å². The molecule has 2 aromatic carbocycles. The minimum Gasteiger partial charge on any atom is -0.495 e. The molecule has 1 N–H and O–H groups in total. The fourth-order valence-corrected chi connectivity index (χ4v) is 4.59. The van der Waals surface area contributed by atoms with E-state index in [1.165, 1.54) is 33.8 Å². The zero-order chi connectivity index (χ0) is 21.3. The molecule has 0 saturated carbocycles. The van der Waals surface area contributed by atoms with Crippen LogP contribution in [-0.4, -0.2) is 33.4 Å². The molecule has 0 fully saturated rings. The molecular formula is C23H24N4O2S. The van der Waals surface area contributed by atoms with Gasteiger partial charge in [0, 0.05) is 17.6 Å². The second-order valence-electron chi connectivity index (χ2n) is 7.33. The number of hydrogen-bond acceptors (Lipinski definition) is 5. The van der Waals surface area contributed by atoms with Crippen LogP contribution in [0.3, 0.4) is 0 Å². The van der Waals surface area contributed by atoms with E-state index in [9.17, 15) is 4.79 Å². The highest BCUT2D eigenvalue weighted by atomic mass is 32.2. The van der Waals surface area contributed by atoms with Gasteiger partial charge in [-0.3, -0.25) is 9.20 Å². The SMILES string of the molecule is COc1ccccc1NC(=O)CCSc1nnc2cc(C)c3cc(C)cc(C)c3n12. The summed E-state index contributed by atoms with van der Waals surface area (Å²) in [5.41, 5.74) is 6.24. The molecule has 0 saturated heterocycles. The standard InChI is InChI=1S/C23H24N4O2S/c1-14-11-16(3)22-17(12-14)15(2)13-20-25-26-23(27(20)22)30-10-9-21(28)24-18-7-5-6-8-19(18)29-4/h5-8,11-13H,9-10H2,1-4H3,(H,24,28). The van der Waals surface area contributed by atoms with Crippen molar-refractivity contribution in [3.8, 4) is 5.75 Å². The van der Waals surface area contributed by atoms with E-state index >= 15 is 0 Å². The van der Waals surface area contributed by atoms with E-state index in [1.54, 1.807) is 7.11 Å². The number of rotatable bonds is 6. The van der Waals surface area contributed by atoms with Crippen molar-refractivity contribution in [1.82, 2.24) is 14.6 Å². The summed E-state index contributed by atoms with van der Waals surface area (Å²) in [7, 11) is 1.59. The molecule has 2 aromatic heterocycles. The molecule has 4 rings (SSSR count). The highest BCUT2D eigenvalue weighted by Crippen LogP contribution is 2.29. The molecule has 154 valence electrons. The molecule has 7 heteroatoms. The molecule has 2 heterocycles. The molecule has 0 aliphatic carbocycles. The van der Waals surface area contributed by atoms with Gasteiger partial charge in [-0.2, -0.15) is 0 Å². The summed E-state index contributed by atoms with van der Waals surface area (Å²) in [6.07, 6.45) is 0.361. The zero-order valence-corrected chi connectivity index (χ0v) is 18.3. The Morgan fingerprint density at radius 1 is 1.10 bits per heavy atom. The first-order valence-electron chi connectivity index (χ1n) is 9.79. The highest BCUT2D eigenvalue weighted by molar-refractivity contribution is 7.99. The number of carbonyl (C=O) groups is 1. The normalized spacial score (nSPS) is 11.2. The van der Waals surface area contributed by atoms with Crippen LogP contribution in [-0.2, 0) is 4.79 Å². The molecule has 0 aliphatic rings. The molecule has 0 radical (unpaired) electrons. The molecular weight excluding hydrogens is 396 g/mol. The quantitative estimate of drug-likeness (QED) is 0.448. The predicted molar refractivity (Wildman–Crippen MR) is 122 cm³/mol. The molecule has 0 bridgehead atoms. The number of benzene rings is 2. The number of ether oxygens (including phenoxy) is 1. The van der Waals surface area contributed by atoms with Gasteiger partial charge in [0.25, 0.3) is 0 Å². The molecule has 0 aliphatic heterocycles. The van der Waals surface area contributed by atoms with E-state index in [2.05, 4.69) is 58.9 Å². The molecule has 0 spiro atoms. The van der Waals surface area contributed by atoms with Crippen LogP contribution < -0.4 is 10.1 Å². The Morgan fingerprint density at radius 2 is 1.90 bits per heavy atom. The molecule has 0 unspecified atom stereocenters. The summed E-state index contributed by atoms with van der Waals surface area (Å²) >= 11 is 1.54. The van der Waals surface area contributed by atoms with Gasteiger partial charge in [0.1, 0.15) is 5.75 Å². The minimum absolute atomic E-state index is 0.0617. The number of nitrogens with one attached hydrogen (secondary N) is 1. The number of para-hydroxylation sites is 2. The monoisotopic (exact) mass is 420 g/mol. The molecule has 6 nitrogen and oxygen atoms in total. The Bertz CT molecular complexity index is 1250. The van der Waals surface area contributed by atoms with E-state index in [1.807, 2.05) is 24.3 Å². The second-order valence-corrected chi connectivity index (χ2v) is 8.39. The number of carbonyl (C=O) groups excluding carboxylic acids is 1. The van der Waals surface area contributed by atoms with Gasteiger partial charge in [0.05, 0.1) is 18.3 Å². The number of nitrogens with zero attached hydrogens (tertiary/aromatic N) is 3. The summed E-state index contributed by atoms with van der Waals surface area (Å²) < 4.78 is 7.38. The largest absolute Gasteiger partial charge is 0.495 e. The van der Waals surface area contributed by atoms with Crippen LogP contribution >= 0.6 is 11.8 Å². The molecule has 1 amide bonds. The number of methoxy groups -OCH3 is 1. The van der Waals surface area contributed by atoms with Crippen molar-refractivity contribution < 1.29 is 9.53 Å². The number of aryl methyl sites for hydroxylation is 3. The van der Waals surface area contributed by atoms with Crippen LogP contribution in [0.2, 0.25) is 0 Å². The third-order valence-corrected chi connectivity index (χ3v) is 5.97. The van der Waals surface area contributed by atoms with Gasteiger partial charge in [-0.05, 0) is 56.2 Å². The van der Waals surface area contributed by atoms with Gasteiger partial charge in [-0.25, -0.2) is 0 Å². The number of aromatic nitrogens is 3. The Balaban J connectivity index is 1.53. The number of hydrogen-bond donors (Lipinski definition) is 1. The maximum atomic E-state index is 12.4. The maximum Gasteiger partial charge on any atom is 0.225 e. The van der Waals surface area contributed by atoms with Crippen molar-refractivity contribution in [3.05, 3.63) is 59.2 Å². The number of fused-ring (bicyclic) bond motifs is 3. The first kappa shape index (κ1) is 20.2. The van der Waals surface area contributed by atoms with Gasteiger partial charge < -0.3 is 10.1 Å². The van der Waals surface area contributed by atoms with Gasteiger partial charge in [0.15, 0.2) is 10.8 Å². The third-order valence-electron chi connectivity index (χ3n) is 5.04. The van der Waals surface area contributed by atoms with Crippen molar-refractivity contribution in [3.63, 3.8) is 0 Å². The average molecular weight is 421 g/mol. The Morgan fingerprint density at radius 3 is 2.70 bits per heavy atom. The van der Waals surface area contributed by atoms with Crippen molar-refractivity contribution in [2.24, 2.45) is 0 Å². The zero-order valence-electron chi connectivity index (χ0n) is 17.5. The Labute approximate surface area is 179 Å². The predicted octanol–water partition coefficient (Wildman–Crippen LogP) is 4.94. The third kappa shape index (κ3) is 3.85. The lowest BCUT2D eigenvalue weighted by atomic mass is 10.0. The fourth-order valence-electron chi connectivity index (χ4n) is 3.70. The lowest BCUT2D eigenvalue weighted by Gasteiger charge is -2.11. The van der Waals surface area contributed by atoms with Gasteiger partial charge in [-0.15, -0.1) is 10.2 Å². The van der Waals surface area contributed by atoms with Crippen LogP contribution in [0.4, 0.5) is 5.69 Å². The first-order chi connectivity index (χ1) is 14.5. The van der Waals surface area contributed by atoms with Crippen molar-refractivity contribution in [1.29, 1.82) is 0 Å². The van der Waals surface area contributed by atoms with Crippen LogP contribution in [0.15, 0.2) is 47.6 Å². The minimum atomic E-state index is -0.0617. The number of thioether (sulfide) groups is 1. The summed E-state index contributed by atoms with van der Waals surface area (Å²) in [6, 6.07) is 13.8. The van der Waals surface area contributed by atoms with Crippen molar-refractivity contribution >= 4 is 39.9 Å². The number of anilines is 1. The van der Waals surface area contributed by atoms with E-state index in [-0.39, 0.29) is 5.91 Å². The summed E-state index contributed by atoms with van der Waals surface area (Å²) in [4.78, 5) is 12.4. The fraction of sp³-hybridized carbons (Fsp3) is 0.261. The lowest BCUT2D eigenvalue weighted by Crippen LogP contribution is -2.13. The van der Waals surface area contributed by atoms with Gasteiger partial charge in [0.2, 0.25) is 5.91 Å². The second kappa shape index (κ2) is 8.36. The Hall–Kier alpha value is -3.06. The topological polar surface area (TPSA) is 68.5 Å². The van der Waals surface area contributed by atoms with E-state index in [4.69, 9.17) is 4.74 Å². The maximum absolute atomic E-state index is 12.4. The van der Waals surface area contributed by atoms with Crippen LogP contribution in [0.5, 0.6) is 5.75 Å². The summed E-state index contributed by atoms with van der Waals surface area (Å²) in [5, 5.41) is 13.7. The van der Waals surface area contributed by atoms with Gasteiger partial charge >= 0.3 is 0 Å². The van der Waals surface area contributed by atoms with Crippen LogP contribution in [0.1, 0.15) is 23.1 Å².